The number of para-hydroxylation sites is 1. The van der Waals surface area contributed by atoms with Crippen molar-refractivity contribution >= 4 is 40.8 Å². The summed E-state index contributed by atoms with van der Waals surface area (Å²) in [4.78, 5) is 36.0. The predicted octanol–water partition coefficient (Wildman–Crippen LogP) is 3.50. The number of ether oxygens (including phenoxy) is 1. The molecule has 1 atom stereocenters. The van der Waals surface area contributed by atoms with Crippen LogP contribution in [0.15, 0.2) is 41.4 Å². The maximum atomic E-state index is 11.3. The van der Waals surface area contributed by atoms with E-state index in [1.54, 1.807) is 24.3 Å². The van der Waals surface area contributed by atoms with Crippen molar-refractivity contribution < 1.29 is 19.4 Å². The Morgan fingerprint density at radius 3 is 2.52 bits per heavy atom. The molecule has 0 saturated heterocycles. The molecule has 0 amide bonds. The highest BCUT2D eigenvalue weighted by molar-refractivity contribution is 6.36. The fourth-order valence-corrected chi connectivity index (χ4v) is 2.62. The van der Waals surface area contributed by atoms with Crippen LogP contribution in [0.25, 0.3) is 0 Å². The zero-order valence-electron chi connectivity index (χ0n) is 12.3. The van der Waals surface area contributed by atoms with Gasteiger partial charge in [-0.1, -0.05) is 29.8 Å². The molecule has 0 radical (unpaired) electrons. The van der Waals surface area contributed by atoms with Gasteiger partial charge >= 0.3 is 0 Å². The minimum absolute atomic E-state index is 0.135. The molecule has 2 aromatic carbocycles. The van der Waals surface area contributed by atoms with E-state index in [1.165, 1.54) is 0 Å². The molecule has 0 spiro atoms. The number of nitrogens with zero attached hydrogens (tertiary/aromatic N) is 3. The Morgan fingerprint density at radius 2 is 1.88 bits per heavy atom. The maximum Gasteiger partial charge on any atom is 0.295 e. The minimum Gasteiger partial charge on any atom is -0.461 e. The number of hydrogen-bond acceptors (Lipinski definition) is 7. The van der Waals surface area contributed by atoms with Crippen molar-refractivity contribution in [1.82, 2.24) is 0 Å². The third kappa shape index (κ3) is 2.92. The quantitative estimate of drug-likeness (QED) is 0.466. The van der Waals surface area contributed by atoms with Gasteiger partial charge in [-0.25, -0.2) is 4.99 Å². The summed E-state index contributed by atoms with van der Waals surface area (Å²) in [7, 11) is 0. The molecule has 25 heavy (non-hydrogen) atoms. The van der Waals surface area contributed by atoms with Gasteiger partial charge in [0.05, 0.1) is 27.2 Å². The SMILES string of the molecule is O=CC1OC(c2cc([N+](=O)[O-])cc([N+](=O)[O-])c2Cl)=Nc2ccccc21. The third-order valence-corrected chi connectivity index (χ3v) is 3.90. The summed E-state index contributed by atoms with van der Waals surface area (Å²) in [6, 6.07) is 8.42. The van der Waals surface area contributed by atoms with E-state index < -0.39 is 27.3 Å². The topological polar surface area (TPSA) is 125 Å². The maximum absolute atomic E-state index is 11.3. The number of nitro groups is 2. The van der Waals surface area contributed by atoms with Crippen LogP contribution in [0.3, 0.4) is 0 Å². The highest BCUT2D eigenvalue weighted by atomic mass is 35.5. The van der Waals surface area contributed by atoms with Gasteiger partial charge in [-0.05, 0) is 6.07 Å². The number of rotatable bonds is 4. The Morgan fingerprint density at radius 1 is 1.16 bits per heavy atom. The van der Waals surface area contributed by atoms with Gasteiger partial charge in [0.2, 0.25) is 5.90 Å². The molecule has 2 aromatic rings. The molecule has 3 rings (SSSR count). The lowest BCUT2D eigenvalue weighted by atomic mass is 10.1. The van der Waals surface area contributed by atoms with Gasteiger partial charge in [0.1, 0.15) is 5.02 Å². The van der Waals surface area contributed by atoms with Gasteiger partial charge in [0.15, 0.2) is 12.4 Å². The van der Waals surface area contributed by atoms with Gasteiger partial charge in [-0.3, -0.25) is 25.0 Å². The lowest BCUT2D eigenvalue weighted by molar-refractivity contribution is -0.394. The molecule has 10 heteroatoms. The molecular formula is C15H8ClN3O6. The normalized spacial score (nSPS) is 15.6. The second-order valence-corrected chi connectivity index (χ2v) is 5.37. The van der Waals surface area contributed by atoms with Gasteiger partial charge < -0.3 is 4.74 Å². The molecule has 9 nitrogen and oxygen atoms in total. The van der Waals surface area contributed by atoms with Crippen molar-refractivity contribution in [3.8, 4) is 0 Å². The summed E-state index contributed by atoms with van der Waals surface area (Å²) in [5.41, 5.74) is -0.412. The van der Waals surface area contributed by atoms with E-state index in [4.69, 9.17) is 16.3 Å². The zero-order chi connectivity index (χ0) is 18.1. The molecule has 1 unspecified atom stereocenters. The number of non-ortho nitro benzene ring substituents is 1. The number of halogens is 1. The monoisotopic (exact) mass is 361 g/mol. The summed E-state index contributed by atoms with van der Waals surface area (Å²) in [5.74, 6) is -0.201. The number of carbonyl (C=O) groups excluding carboxylic acids is 1. The van der Waals surface area contributed by atoms with Gasteiger partial charge in [-0.15, -0.1) is 0 Å². The Labute approximate surface area is 144 Å². The number of fused-ring (bicyclic) bond motifs is 1. The van der Waals surface area contributed by atoms with Crippen LogP contribution < -0.4 is 0 Å². The van der Waals surface area contributed by atoms with Crippen LogP contribution in [0.4, 0.5) is 17.1 Å². The first kappa shape index (κ1) is 16.5. The second-order valence-electron chi connectivity index (χ2n) is 4.99. The van der Waals surface area contributed by atoms with Crippen LogP contribution in [-0.4, -0.2) is 22.0 Å². The molecule has 0 saturated carbocycles. The van der Waals surface area contributed by atoms with Gasteiger partial charge in [-0.2, -0.15) is 0 Å². The van der Waals surface area contributed by atoms with Gasteiger partial charge in [0, 0.05) is 11.6 Å². The first-order valence-corrected chi connectivity index (χ1v) is 7.22. The molecule has 0 bridgehead atoms. The van der Waals surface area contributed by atoms with Crippen molar-refractivity contribution in [2.45, 2.75) is 6.10 Å². The van der Waals surface area contributed by atoms with E-state index in [1.807, 2.05) is 0 Å². The number of hydrogen-bond donors (Lipinski definition) is 0. The van der Waals surface area contributed by atoms with E-state index >= 15 is 0 Å². The number of benzene rings is 2. The molecule has 1 aliphatic rings. The van der Waals surface area contributed by atoms with Crippen molar-refractivity contribution in [2.75, 3.05) is 0 Å². The Bertz CT molecular complexity index is 943. The average molecular weight is 362 g/mol. The highest BCUT2D eigenvalue weighted by Gasteiger charge is 2.30. The van der Waals surface area contributed by atoms with Crippen LogP contribution in [0.2, 0.25) is 5.02 Å². The lowest BCUT2D eigenvalue weighted by Gasteiger charge is -2.22. The minimum atomic E-state index is -1.00. The fraction of sp³-hybridized carbons (Fsp3) is 0.0667. The van der Waals surface area contributed by atoms with Crippen LogP contribution in [0.5, 0.6) is 0 Å². The Balaban J connectivity index is 2.23. The van der Waals surface area contributed by atoms with E-state index in [0.717, 1.165) is 12.1 Å². The lowest BCUT2D eigenvalue weighted by Crippen LogP contribution is -2.18. The molecule has 0 N–H and O–H groups in total. The van der Waals surface area contributed by atoms with Crippen LogP contribution >= 0.6 is 11.6 Å². The molecule has 1 heterocycles. The number of nitro benzene ring substituents is 2. The summed E-state index contributed by atoms with van der Waals surface area (Å²) in [6.07, 6.45) is -0.467. The number of aliphatic imine (C=N–C) groups is 1. The molecule has 0 aliphatic carbocycles. The molecule has 0 aromatic heterocycles. The van der Waals surface area contributed by atoms with Crippen molar-refractivity contribution in [3.63, 3.8) is 0 Å². The second kappa shape index (κ2) is 6.29. The van der Waals surface area contributed by atoms with Gasteiger partial charge in [0.25, 0.3) is 11.4 Å². The number of aldehydes is 1. The van der Waals surface area contributed by atoms with E-state index in [0.29, 0.717) is 17.5 Å². The average Bonchev–Trinajstić information content (AvgIpc) is 2.60. The van der Waals surface area contributed by atoms with Crippen LogP contribution in [0.1, 0.15) is 17.2 Å². The summed E-state index contributed by atoms with van der Waals surface area (Å²) >= 11 is 6.02. The molecule has 0 fully saturated rings. The third-order valence-electron chi connectivity index (χ3n) is 3.50. The standard InChI is InChI=1S/C15H8ClN3O6/c16-14-10(5-8(18(21)22)6-12(14)19(23)24)15-17-11-4-2-1-3-9(11)13(7-20)25-15/h1-7,13H. The molecule has 1 aliphatic heterocycles. The van der Waals surface area contributed by atoms with Crippen molar-refractivity contribution in [1.29, 1.82) is 0 Å². The van der Waals surface area contributed by atoms with Crippen molar-refractivity contribution in [2.24, 2.45) is 4.99 Å². The van der Waals surface area contributed by atoms with Crippen LogP contribution in [-0.2, 0) is 9.53 Å². The largest absolute Gasteiger partial charge is 0.461 e. The smallest absolute Gasteiger partial charge is 0.295 e. The number of carbonyl (C=O) groups is 1. The summed E-state index contributed by atoms with van der Waals surface area (Å²) < 4.78 is 5.45. The zero-order valence-corrected chi connectivity index (χ0v) is 13.0. The summed E-state index contributed by atoms with van der Waals surface area (Å²) in [5, 5.41) is 21.8. The van der Waals surface area contributed by atoms with Crippen LogP contribution in [0, 0.1) is 20.2 Å². The Hall–Kier alpha value is -3.33. The van der Waals surface area contributed by atoms with E-state index in [2.05, 4.69) is 4.99 Å². The van der Waals surface area contributed by atoms with E-state index in [9.17, 15) is 25.0 Å². The summed E-state index contributed by atoms with van der Waals surface area (Å²) in [6.45, 7) is 0. The first-order valence-electron chi connectivity index (χ1n) is 6.84. The highest BCUT2D eigenvalue weighted by Crippen LogP contribution is 2.38. The molecule has 126 valence electrons. The van der Waals surface area contributed by atoms with Crippen molar-refractivity contribution in [3.05, 3.63) is 72.8 Å². The fourth-order valence-electron chi connectivity index (χ4n) is 2.36. The van der Waals surface area contributed by atoms with E-state index in [-0.39, 0.29) is 16.5 Å². The molecular weight excluding hydrogens is 354 g/mol. The predicted molar refractivity (Wildman–Crippen MR) is 87.3 cm³/mol. The first-order chi connectivity index (χ1) is 11.9. The Kier molecular flexibility index (Phi) is 4.15.